The summed E-state index contributed by atoms with van der Waals surface area (Å²) in [5, 5.41) is 0. The normalized spacial score (nSPS) is 13.7. The molecule has 0 spiro atoms. The molecular weight excluding hydrogens is 184 g/mol. The molecule has 0 aromatic rings. The highest BCUT2D eigenvalue weighted by molar-refractivity contribution is 5.46. The first-order chi connectivity index (χ1) is 7.29. The standard InChI is InChI=1S/C13H18N2/c1-5-7-9-12(10-8-6-2)13(15-4)11-14-3/h5,7-11H,3-4,6H2,1-2H3. The molecule has 0 amide bonds. The lowest BCUT2D eigenvalue weighted by Gasteiger charge is -1.99. The SMILES string of the molecule is C=NC=C(N=C)C(C=CCC)=CC=CC. The maximum Gasteiger partial charge on any atom is 0.0876 e. The lowest BCUT2D eigenvalue weighted by molar-refractivity contribution is 1.21. The van der Waals surface area contributed by atoms with Crippen molar-refractivity contribution < 1.29 is 0 Å². The zero-order valence-electron chi connectivity index (χ0n) is 9.48. The summed E-state index contributed by atoms with van der Waals surface area (Å²) in [6, 6.07) is 0. The second-order valence-electron chi connectivity index (χ2n) is 2.81. The van der Waals surface area contributed by atoms with Gasteiger partial charge in [0, 0.05) is 5.57 Å². The van der Waals surface area contributed by atoms with Gasteiger partial charge in [-0.3, -0.25) is 9.98 Å². The summed E-state index contributed by atoms with van der Waals surface area (Å²) in [7, 11) is 0. The van der Waals surface area contributed by atoms with E-state index in [2.05, 4.69) is 36.4 Å². The van der Waals surface area contributed by atoms with E-state index < -0.39 is 0 Å². The monoisotopic (exact) mass is 202 g/mol. The number of rotatable bonds is 6. The van der Waals surface area contributed by atoms with E-state index in [9.17, 15) is 0 Å². The van der Waals surface area contributed by atoms with E-state index in [4.69, 9.17) is 0 Å². The first-order valence-corrected chi connectivity index (χ1v) is 4.92. The van der Waals surface area contributed by atoms with Crippen LogP contribution in [0.1, 0.15) is 20.3 Å². The van der Waals surface area contributed by atoms with Gasteiger partial charge < -0.3 is 0 Å². The molecule has 0 aliphatic rings. The first kappa shape index (κ1) is 13.3. The first-order valence-electron chi connectivity index (χ1n) is 4.92. The Balaban J connectivity index is 5.06. The molecule has 0 N–H and O–H groups in total. The van der Waals surface area contributed by atoms with E-state index in [1.807, 2.05) is 31.2 Å². The highest BCUT2D eigenvalue weighted by atomic mass is 14.8. The van der Waals surface area contributed by atoms with E-state index in [0.29, 0.717) is 0 Å². The number of nitrogens with zero attached hydrogens (tertiary/aromatic N) is 2. The lowest BCUT2D eigenvalue weighted by Crippen LogP contribution is -1.82. The van der Waals surface area contributed by atoms with E-state index in [1.54, 1.807) is 6.20 Å². The van der Waals surface area contributed by atoms with Crippen molar-refractivity contribution in [2.75, 3.05) is 0 Å². The predicted molar refractivity (Wildman–Crippen MR) is 69.5 cm³/mol. The van der Waals surface area contributed by atoms with Gasteiger partial charge in [-0.1, -0.05) is 37.3 Å². The van der Waals surface area contributed by atoms with Crippen molar-refractivity contribution in [1.29, 1.82) is 0 Å². The fourth-order valence-electron chi connectivity index (χ4n) is 0.964. The van der Waals surface area contributed by atoms with Crippen molar-refractivity contribution >= 4 is 13.4 Å². The third-order valence-electron chi connectivity index (χ3n) is 1.68. The molecule has 0 rings (SSSR count). The fraction of sp³-hybridized carbons (Fsp3) is 0.231. The minimum Gasteiger partial charge on any atom is -0.270 e. The quantitative estimate of drug-likeness (QED) is 0.463. The van der Waals surface area contributed by atoms with Crippen LogP contribution in [-0.2, 0) is 0 Å². The number of hydrogen-bond donors (Lipinski definition) is 0. The summed E-state index contributed by atoms with van der Waals surface area (Å²) in [6.45, 7) is 11.0. The van der Waals surface area contributed by atoms with Crippen molar-refractivity contribution in [2.45, 2.75) is 20.3 Å². The lowest BCUT2D eigenvalue weighted by atomic mass is 10.1. The molecule has 0 aromatic heterocycles. The maximum absolute atomic E-state index is 3.91. The summed E-state index contributed by atoms with van der Waals surface area (Å²) in [4.78, 5) is 7.61. The Morgan fingerprint density at radius 2 is 2.07 bits per heavy atom. The zero-order valence-corrected chi connectivity index (χ0v) is 9.48. The van der Waals surface area contributed by atoms with Crippen LogP contribution in [0.25, 0.3) is 0 Å². The molecule has 0 unspecified atom stereocenters. The molecule has 15 heavy (non-hydrogen) atoms. The summed E-state index contributed by atoms with van der Waals surface area (Å²) in [5.41, 5.74) is 1.71. The van der Waals surface area contributed by atoms with E-state index in [1.165, 1.54) is 0 Å². The average molecular weight is 202 g/mol. The molecule has 0 saturated heterocycles. The Morgan fingerprint density at radius 1 is 1.33 bits per heavy atom. The van der Waals surface area contributed by atoms with Gasteiger partial charge in [0.15, 0.2) is 0 Å². The Kier molecular flexibility index (Phi) is 7.87. The minimum absolute atomic E-state index is 0.729. The summed E-state index contributed by atoms with van der Waals surface area (Å²) >= 11 is 0. The summed E-state index contributed by atoms with van der Waals surface area (Å²) in [6.07, 6.45) is 12.5. The van der Waals surface area contributed by atoms with Crippen molar-refractivity contribution in [3.05, 3.63) is 47.9 Å². The highest BCUT2D eigenvalue weighted by Gasteiger charge is 1.96. The molecule has 0 bridgehead atoms. The van der Waals surface area contributed by atoms with E-state index in [-0.39, 0.29) is 0 Å². The molecule has 2 heteroatoms. The highest BCUT2D eigenvalue weighted by Crippen LogP contribution is 2.13. The molecule has 80 valence electrons. The van der Waals surface area contributed by atoms with Crippen molar-refractivity contribution in [3.63, 3.8) is 0 Å². The van der Waals surface area contributed by atoms with Gasteiger partial charge in [-0.05, 0) is 26.8 Å². The van der Waals surface area contributed by atoms with E-state index >= 15 is 0 Å². The molecular formula is C13H18N2. The van der Waals surface area contributed by atoms with Crippen LogP contribution in [0.5, 0.6) is 0 Å². The Hall–Kier alpha value is -1.70. The molecule has 2 nitrogen and oxygen atoms in total. The maximum atomic E-state index is 3.91. The Morgan fingerprint density at radius 3 is 2.53 bits per heavy atom. The average Bonchev–Trinajstić information content (AvgIpc) is 2.27. The molecule has 0 saturated carbocycles. The molecule has 0 fully saturated rings. The van der Waals surface area contributed by atoms with Crippen LogP contribution in [0.15, 0.2) is 57.8 Å². The van der Waals surface area contributed by atoms with Gasteiger partial charge in [0.1, 0.15) is 0 Å². The van der Waals surface area contributed by atoms with Crippen LogP contribution >= 0.6 is 0 Å². The molecule has 0 heterocycles. The summed E-state index contributed by atoms with van der Waals surface area (Å²) < 4.78 is 0. The zero-order chi connectivity index (χ0) is 11.5. The molecule has 0 radical (unpaired) electrons. The van der Waals surface area contributed by atoms with Crippen LogP contribution < -0.4 is 0 Å². The van der Waals surface area contributed by atoms with Crippen molar-refractivity contribution in [3.8, 4) is 0 Å². The van der Waals surface area contributed by atoms with Crippen LogP contribution in [-0.4, -0.2) is 13.4 Å². The second-order valence-corrected chi connectivity index (χ2v) is 2.81. The van der Waals surface area contributed by atoms with Gasteiger partial charge in [0.2, 0.25) is 0 Å². The number of allylic oxidation sites excluding steroid dienone is 5. The van der Waals surface area contributed by atoms with Crippen LogP contribution in [0.2, 0.25) is 0 Å². The van der Waals surface area contributed by atoms with E-state index in [0.717, 1.165) is 17.7 Å². The van der Waals surface area contributed by atoms with Gasteiger partial charge in [-0.2, -0.15) is 0 Å². The Bertz CT molecular complexity index is 317. The van der Waals surface area contributed by atoms with Gasteiger partial charge >= 0.3 is 0 Å². The van der Waals surface area contributed by atoms with Crippen molar-refractivity contribution in [1.82, 2.24) is 0 Å². The molecule has 0 aliphatic carbocycles. The molecule has 0 atom stereocenters. The third kappa shape index (κ3) is 5.57. The van der Waals surface area contributed by atoms with Gasteiger partial charge in [0.05, 0.1) is 11.9 Å². The number of aliphatic imine (C=N–C) groups is 2. The van der Waals surface area contributed by atoms with Gasteiger partial charge in [-0.25, -0.2) is 0 Å². The minimum atomic E-state index is 0.729. The molecule has 0 aromatic carbocycles. The third-order valence-corrected chi connectivity index (χ3v) is 1.68. The molecule has 0 aliphatic heterocycles. The second kappa shape index (κ2) is 8.88. The fourth-order valence-corrected chi connectivity index (χ4v) is 0.964. The Labute approximate surface area is 92.2 Å². The summed E-state index contributed by atoms with van der Waals surface area (Å²) in [5.74, 6) is 0. The van der Waals surface area contributed by atoms with Crippen molar-refractivity contribution in [2.24, 2.45) is 9.98 Å². The largest absolute Gasteiger partial charge is 0.270 e. The smallest absolute Gasteiger partial charge is 0.0876 e. The van der Waals surface area contributed by atoms with Crippen LogP contribution in [0.3, 0.4) is 0 Å². The topological polar surface area (TPSA) is 24.7 Å². The number of hydrogen-bond acceptors (Lipinski definition) is 2. The van der Waals surface area contributed by atoms with Crippen LogP contribution in [0, 0.1) is 0 Å². The van der Waals surface area contributed by atoms with Gasteiger partial charge in [-0.15, -0.1) is 0 Å². The van der Waals surface area contributed by atoms with Crippen LogP contribution in [0.4, 0.5) is 0 Å². The van der Waals surface area contributed by atoms with Gasteiger partial charge in [0.25, 0.3) is 0 Å². The predicted octanol–water partition coefficient (Wildman–Crippen LogP) is 3.70.